The Bertz CT molecular complexity index is 1240. The van der Waals surface area contributed by atoms with Crippen molar-refractivity contribution in [3.8, 4) is 0 Å². The average Bonchev–Trinajstić information content (AvgIpc) is 2.61. The first-order valence-electron chi connectivity index (χ1n) is 8.34. The van der Waals surface area contributed by atoms with Gasteiger partial charge >= 0.3 is 15.5 Å². The van der Waals surface area contributed by atoms with Gasteiger partial charge in [0.25, 0.3) is 0 Å². The number of benzene rings is 2. The molecule has 0 atom stereocenters. The van der Waals surface area contributed by atoms with Crippen molar-refractivity contribution in [2.24, 2.45) is 0 Å². The van der Waals surface area contributed by atoms with Crippen LogP contribution < -0.4 is 4.72 Å². The van der Waals surface area contributed by atoms with Gasteiger partial charge in [-0.1, -0.05) is 0 Å². The SMILES string of the molecule is O=S(=O)(N[C@H]1C[C@@](c2cc(F)ccc2F)(S(=O)(=O)c2ccc(F)c(F)c2)C1)C(F)(F)F. The molecule has 0 saturated heterocycles. The van der Waals surface area contributed by atoms with Crippen molar-refractivity contribution in [2.75, 3.05) is 0 Å². The van der Waals surface area contributed by atoms with Crippen molar-refractivity contribution in [3.05, 3.63) is 65.2 Å². The second-order valence-corrected chi connectivity index (χ2v) is 10.8. The molecule has 2 aromatic rings. The third kappa shape index (κ3) is 3.91. The van der Waals surface area contributed by atoms with Crippen LogP contribution in [0.15, 0.2) is 41.3 Å². The lowest BCUT2D eigenvalue weighted by atomic mass is 9.75. The number of sulfone groups is 1. The third-order valence-electron chi connectivity index (χ3n) is 4.91. The molecular weight excluding hydrogens is 479 g/mol. The second-order valence-electron chi connectivity index (χ2n) is 6.87. The lowest BCUT2D eigenvalue weighted by molar-refractivity contribution is -0.0455. The Morgan fingerprint density at radius 1 is 0.839 bits per heavy atom. The normalized spacial score (nSPS) is 22.2. The summed E-state index contributed by atoms with van der Waals surface area (Å²) in [6, 6.07) is 1.56. The molecule has 2 aromatic carbocycles. The van der Waals surface area contributed by atoms with Crippen molar-refractivity contribution in [2.45, 2.75) is 34.0 Å². The zero-order valence-electron chi connectivity index (χ0n) is 15.1. The van der Waals surface area contributed by atoms with Gasteiger partial charge in [0.05, 0.1) is 4.90 Å². The summed E-state index contributed by atoms with van der Waals surface area (Å²) >= 11 is 0. The molecule has 0 bridgehead atoms. The Morgan fingerprint density at radius 2 is 1.42 bits per heavy atom. The lowest BCUT2D eigenvalue weighted by Crippen LogP contribution is -2.58. The van der Waals surface area contributed by atoms with Gasteiger partial charge < -0.3 is 0 Å². The summed E-state index contributed by atoms with van der Waals surface area (Å²) in [7, 11) is -10.7. The summed E-state index contributed by atoms with van der Waals surface area (Å²) < 4.78 is 141. The predicted octanol–water partition coefficient (Wildman–Crippen LogP) is 3.51. The van der Waals surface area contributed by atoms with Crippen LogP contribution >= 0.6 is 0 Å². The number of halogens is 7. The molecule has 1 fully saturated rings. The Kier molecular flexibility index (Phi) is 5.64. The van der Waals surface area contributed by atoms with Crippen LogP contribution in [-0.2, 0) is 24.6 Å². The van der Waals surface area contributed by atoms with Crippen LogP contribution in [0.1, 0.15) is 18.4 Å². The predicted molar refractivity (Wildman–Crippen MR) is 92.7 cm³/mol. The summed E-state index contributed by atoms with van der Waals surface area (Å²) in [6.45, 7) is 0. The maximum Gasteiger partial charge on any atom is 0.511 e. The molecule has 0 aromatic heterocycles. The maximum atomic E-state index is 14.4. The van der Waals surface area contributed by atoms with E-state index in [2.05, 4.69) is 0 Å². The minimum absolute atomic E-state index is 0.289. The molecule has 31 heavy (non-hydrogen) atoms. The van der Waals surface area contributed by atoms with E-state index >= 15 is 0 Å². The molecule has 170 valence electrons. The van der Waals surface area contributed by atoms with Gasteiger partial charge in [-0.15, -0.1) is 0 Å². The zero-order chi connectivity index (χ0) is 23.4. The van der Waals surface area contributed by atoms with Crippen LogP contribution in [0, 0.1) is 23.3 Å². The Hall–Kier alpha value is -2.19. The third-order valence-corrected chi connectivity index (χ3v) is 8.62. The molecule has 14 heteroatoms. The number of hydrogen-bond donors (Lipinski definition) is 1. The fourth-order valence-electron chi connectivity index (χ4n) is 3.41. The monoisotopic (exact) mass is 491 g/mol. The van der Waals surface area contributed by atoms with Gasteiger partial charge in [-0.25, -0.2) is 39.1 Å². The number of sulfonamides is 1. The van der Waals surface area contributed by atoms with Crippen LogP contribution in [0.5, 0.6) is 0 Å². The van der Waals surface area contributed by atoms with E-state index in [9.17, 15) is 47.6 Å². The first kappa shape index (κ1) is 23.5. The highest BCUT2D eigenvalue weighted by molar-refractivity contribution is 7.92. The fourth-order valence-corrected chi connectivity index (χ4v) is 6.39. The van der Waals surface area contributed by atoms with Crippen LogP contribution in [0.3, 0.4) is 0 Å². The van der Waals surface area contributed by atoms with E-state index in [1.54, 1.807) is 0 Å². The summed E-state index contributed by atoms with van der Waals surface area (Å²) in [4.78, 5) is -0.841. The van der Waals surface area contributed by atoms with Crippen molar-refractivity contribution in [1.82, 2.24) is 4.72 Å². The number of alkyl halides is 3. The van der Waals surface area contributed by atoms with Gasteiger partial charge in [0.1, 0.15) is 16.4 Å². The highest BCUT2D eigenvalue weighted by atomic mass is 32.2. The molecule has 1 aliphatic rings. The molecule has 0 aliphatic heterocycles. The van der Waals surface area contributed by atoms with Crippen molar-refractivity contribution < 1.29 is 47.6 Å². The molecular formula is C17H12F7NO4S2. The van der Waals surface area contributed by atoms with Crippen LogP contribution in [0.2, 0.25) is 0 Å². The minimum Gasteiger partial charge on any atom is -0.223 e. The van der Waals surface area contributed by atoms with Gasteiger partial charge in [-0.3, -0.25) is 0 Å². The van der Waals surface area contributed by atoms with Crippen molar-refractivity contribution in [1.29, 1.82) is 0 Å². The van der Waals surface area contributed by atoms with Gasteiger partial charge in [-0.05, 0) is 49.2 Å². The molecule has 0 unspecified atom stereocenters. The lowest BCUT2D eigenvalue weighted by Gasteiger charge is -2.47. The van der Waals surface area contributed by atoms with E-state index < -0.39 is 82.7 Å². The van der Waals surface area contributed by atoms with E-state index in [0.717, 1.165) is 0 Å². The first-order valence-corrected chi connectivity index (χ1v) is 11.3. The van der Waals surface area contributed by atoms with Crippen LogP contribution in [0.25, 0.3) is 0 Å². The average molecular weight is 491 g/mol. The standard InChI is InChI=1S/C17H12F7NO4S2/c18-9-1-3-13(19)12(5-9)16(7-10(8-16)25-31(28,29)17(22,23)24)30(26,27)11-2-4-14(20)15(21)6-11/h1-6,10,25H,7-8H2/t10-,16+. The largest absolute Gasteiger partial charge is 0.511 e. The van der Waals surface area contributed by atoms with E-state index in [-0.39, 0.29) is 6.07 Å². The van der Waals surface area contributed by atoms with E-state index in [1.807, 2.05) is 0 Å². The Balaban J connectivity index is 2.10. The Labute approximate surface area is 171 Å². The highest BCUT2D eigenvalue weighted by Gasteiger charge is 2.59. The molecule has 1 aliphatic carbocycles. The summed E-state index contributed by atoms with van der Waals surface area (Å²) in [5.41, 5.74) is -6.46. The highest BCUT2D eigenvalue weighted by Crippen LogP contribution is 2.52. The topological polar surface area (TPSA) is 80.3 Å². The van der Waals surface area contributed by atoms with Crippen molar-refractivity contribution in [3.63, 3.8) is 0 Å². The number of nitrogens with one attached hydrogen (secondary N) is 1. The van der Waals surface area contributed by atoms with Crippen molar-refractivity contribution >= 4 is 19.9 Å². The smallest absolute Gasteiger partial charge is 0.223 e. The van der Waals surface area contributed by atoms with Gasteiger partial charge in [0.15, 0.2) is 21.5 Å². The van der Waals surface area contributed by atoms with Gasteiger partial charge in [-0.2, -0.15) is 13.2 Å². The Morgan fingerprint density at radius 3 is 1.97 bits per heavy atom. The van der Waals surface area contributed by atoms with Gasteiger partial charge in [0, 0.05) is 11.6 Å². The summed E-state index contributed by atoms with van der Waals surface area (Å²) in [5.74, 6) is -5.26. The molecule has 3 rings (SSSR count). The summed E-state index contributed by atoms with van der Waals surface area (Å²) in [5, 5.41) is 0. The second kappa shape index (κ2) is 7.45. The van der Waals surface area contributed by atoms with Gasteiger partial charge in [0.2, 0.25) is 0 Å². The van der Waals surface area contributed by atoms with E-state index in [1.165, 1.54) is 4.72 Å². The molecule has 1 N–H and O–H groups in total. The van der Waals surface area contributed by atoms with E-state index in [4.69, 9.17) is 0 Å². The number of rotatable bonds is 5. The fraction of sp³-hybridized carbons (Fsp3) is 0.294. The molecule has 5 nitrogen and oxygen atoms in total. The minimum atomic E-state index is -5.85. The first-order chi connectivity index (χ1) is 14.1. The summed E-state index contributed by atoms with van der Waals surface area (Å²) in [6.07, 6.45) is -1.83. The molecule has 1 saturated carbocycles. The zero-order valence-corrected chi connectivity index (χ0v) is 16.7. The van der Waals surface area contributed by atoms with Crippen LogP contribution in [0.4, 0.5) is 30.7 Å². The quantitative estimate of drug-likeness (QED) is 0.513. The van der Waals surface area contributed by atoms with Crippen LogP contribution in [-0.4, -0.2) is 28.4 Å². The molecule has 0 amide bonds. The molecule has 0 radical (unpaired) electrons. The number of hydrogen-bond acceptors (Lipinski definition) is 4. The molecule has 0 heterocycles. The molecule has 0 spiro atoms. The van der Waals surface area contributed by atoms with E-state index in [0.29, 0.717) is 30.3 Å². The maximum absolute atomic E-state index is 14.4.